The molecule has 0 radical (unpaired) electrons. The molecule has 8 heteroatoms. The van der Waals surface area contributed by atoms with Crippen LogP contribution in [-0.4, -0.2) is 49.6 Å². The average Bonchev–Trinajstić information content (AvgIpc) is 3.15. The number of aryl methyl sites for hydroxylation is 1. The fourth-order valence-corrected chi connectivity index (χ4v) is 5.79. The topological polar surface area (TPSA) is 82.7 Å². The lowest BCUT2D eigenvalue weighted by molar-refractivity contribution is -0.907. The van der Waals surface area contributed by atoms with Gasteiger partial charge in [-0.25, -0.2) is 8.42 Å². The second-order valence-electron chi connectivity index (χ2n) is 8.04. The Morgan fingerprint density at radius 1 is 1.31 bits per heavy atom. The van der Waals surface area contributed by atoms with Crippen LogP contribution in [0.5, 0.6) is 5.75 Å². The normalized spacial score (nSPS) is 19.3. The van der Waals surface area contributed by atoms with Crippen molar-refractivity contribution in [2.24, 2.45) is 0 Å². The van der Waals surface area contributed by atoms with Crippen molar-refractivity contribution >= 4 is 15.6 Å². The van der Waals surface area contributed by atoms with E-state index in [-0.39, 0.29) is 23.3 Å². The number of Topliss-reactive ketones (excluding diaryl/α,β-unsaturated/α-hetero) is 1. The van der Waals surface area contributed by atoms with E-state index in [1.54, 1.807) is 20.1 Å². The molecule has 1 N–H and O–H groups in total. The molecule has 2 atom stereocenters. The molecular formula is C21H30N3O4S+. The summed E-state index contributed by atoms with van der Waals surface area (Å²) in [6, 6.07) is 5.46. The number of carbonyl (C=O) groups is 1. The van der Waals surface area contributed by atoms with E-state index in [0.717, 1.165) is 34.8 Å². The van der Waals surface area contributed by atoms with E-state index in [1.165, 1.54) is 4.90 Å². The SMILES string of the molecule is COc1ccc(C(C)=O)cc1C[NH+](C)Cc1c(C)nn([C@@H]2CCS(=O)(=O)C2)c1C. The number of ketones is 1. The Morgan fingerprint density at radius 3 is 2.62 bits per heavy atom. The van der Waals surface area contributed by atoms with Gasteiger partial charge in [0.1, 0.15) is 18.8 Å². The minimum absolute atomic E-state index is 0.0334. The van der Waals surface area contributed by atoms with Gasteiger partial charge in [0.2, 0.25) is 0 Å². The predicted molar refractivity (Wildman–Crippen MR) is 111 cm³/mol. The fraction of sp³-hybridized carbons (Fsp3) is 0.524. The minimum atomic E-state index is -2.95. The zero-order valence-corrected chi connectivity index (χ0v) is 18.6. The van der Waals surface area contributed by atoms with E-state index < -0.39 is 9.84 Å². The van der Waals surface area contributed by atoms with Gasteiger partial charge in [-0.15, -0.1) is 0 Å². The largest absolute Gasteiger partial charge is 0.496 e. The number of nitrogens with one attached hydrogen (secondary N) is 1. The second kappa shape index (κ2) is 8.28. The van der Waals surface area contributed by atoms with Gasteiger partial charge in [-0.05, 0) is 45.4 Å². The summed E-state index contributed by atoms with van der Waals surface area (Å²) < 4.78 is 31.1. The number of methoxy groups -OCH3 is 1. The lowest BCUT2D eigenvalue weighted by atomic mass is 10.1. The van der Waals surface area contributed by atoms with Gasteiger partial charge in [-0.3, -0.25) is 9.48 Å². The van der Waals surface area contributed by atoms with Crippen molar-refractivity contribution in [2.45, 2.75) is 46.3 Å². The van der Waals surface area contributed by atoms with Crippen molar-refractivity contribution in [3.63, 3.8) is 0 Å². The van der Waals surface area contributed by atoms with Crippen LogP contribution in [0, 0.1) is 13.8 Å². The number of hydrogen-bond acceptors (Lipinski definition) is 5. The van der Waals surface area contributed by atoms with Crippen LogP contribution in [-0.2, 0) is 22.9 Å². The first-order chi connectivity index (χ1) is 13.6. The van der Waals surface area contributed by atoms with Crippen molar-refractivity contribution < 1.29 is 22.8 Å². The van der Waals surface area contributed by atoms with Crippen LogP contribution in [0.4, 0.5) is 0 Å². The summed E-state index contributed by atoms with van der Waals surface area (Å²) in [7, 11) is 0.774. The smallest absolute Gasteiger partial charge is 0.159 e. The molecule has 1 aromatic carbocycles. The third kappa shape index (κ3) is 4.70. The summed E-state index contributed by atoms with van der Waals surface area (Å²) >= 11 is 0. The standard InChI is InChI=1S/C21H29N3O4S/c1-14-20(15(2)24(22-14)19-8-9-29(26,27)13-19)12-23(4)11-18-10-17(16(3)25)6-7-21(18)28-5/h6-7,10,19H,8-9,11-13H2,1-5H3/p+1/t19-/m1/s1. The Hall–Kier alpha value is -2.19. The number of nitrogens with zero attached hydrogens (tertiary/aromatic N) is 2. The summed E-state index contributed by atoms with van der Waals surface area (Å²) in [5.74, 6) is 1.22. The van der Waals surface area contributed by atoms with Gasteiger partial charge in [-0.1, -0.05) is 0 Å². The van der Waals surface area contributed by atoms with Crippen LogP contribution in [0.2, 0.25) is 0 Å². The molecule has 158 valence electrons. The third-order valence-corrected chi connectivity index (χ3v) is 7.44. The molecule has 0 bridgehead atoms. The van der Waals surface area contributed by atoms with Gasteiger partial charge in [0.05, 0.1) is 43.0 Å². The average molecular weight is 421 g/mol. The zero-order valence-electron chi connectivity index (χ0n) is 17.8. The van der Waals surface area contributed by atoms with Crippen LogP contribution in [0.25, 0.3) is 0 Å². The molecule has 1 unspecified atom stereocenters. The molecule has 0 amide bonds. The van der Waals surface area contributed by atoms with Crippen molar-refractivity contribution in [1.82, 2.24) is 9.78 Å². The Morgan fingerprint density at radius 2 is 2.03 bits per heavy atom. The molecule has 0 aliphatic carbocycles. The highest BCUT2D eigenvalue weighted by molar-refractivity contribution is 7.91. The molecule has 2 aromatic rings. The van der Waals surface area contributed by atoms with Crippen LogP contribution in [0.15, 0.2) is 18.2 Å². The van der Waals surface area contributed by atoms with E-state index >= 15 is 0 Å². The number of benzene rings is 1. The van der Waals surface area contributed by atoms with Crippen LogP contribution in [0.3, 0.4) is 0 Å². The summed E-state index contributed by atoms with van der Waals surface area (Å²) in [6.07, 6.45) is 0.626. The second-order valence-corrected chi connectivity index (χ2v) is 10.3. The quantitative estimate of drug-likeness (QED) is 0.683. The van der Waals surface area contributed by atoms with Gasteiger partial charge >= 0.3 is 0 Å². The molecule has 1 aliphatic rings. The lowest BCUT2D eigenvalue weighted by Crippen LogP contribution is -3.06. The number of aromatic nitrogens is 2. The molecule has 1 fully saturated rings. The maximum absolute atomic E-state index is 11.9. The molecule has 0 saturated carbocycles. The Labute approximate surface area is 172 Å². The molecule has 29 heavy (non-hydrogen) atoms. The molecule has 0 spiro atoms. The van der Waals surface area contributed by atoms with Gasteiger partial charge in [0, 0.05) is 16.8 Å². The highest BCUT2D eigenvalue weighted by atomic mass is 32.2. The number of hydrogen-bond donors (Lipinski definition) is 1. The molecule has 1 aliphatic heterocycles. The zero-order chi connectivity index (χ0) is 21.3. The van der Waals surface area contributed by atoms with Gasteiger partial charge in [-0.2, -0.15) is 5.10 Å². The summed E-state index contributed by atoms with van der Waals surface area (Å²) in [6.45, 7) is 7.01. The van der Waals surface area contributed by atoms with E-state index in [1.807, 2.05) is 30.7 Å². The van der Waals surface area contributed by atoms with Gasteiger partial charge < -0.3 is 9.64 Å². The van der Waals surface area contributed by atoms with Gasteiger partial charge in [0.25, 0.3) is 0 Å². The molecular weight excluding hydrogens is 390 g/mol. The Balaban J connectivity index is 1.79. The van der Waals surface area contributed by atoms with Crippen molar-refractivity contribution in [2.75, 3.05) is 25.7 Å². The highest BCUT2D eigenvalue weighted by Gasteiger charge is 2.31. The van der Waals surface area contributed by atoms with Crippen LogP contribution >= 0.6 is 0 Å². The number of carbonyl (C=O) groups excluding carboxylic acids is 1. The number of rotatable bonds is 7. The Bertz CT molecular complexity index is 1030. The first-order valence-corrected chi connectivity index (χ1v) is 11.7. The maximum Gasteiger partial charge on any atom is 0.159 e. The predicted octanol–water partition coefficient (Wildman–Crippen LogP) is 1.29. The highest BCUT2D eigenvalue weighted by Crippen LogP contribution is 2.26. The van der Waals surface area contributed by atoms with Crippen molar-refractivity contribution in [1.29, 1.82) is 0 Å². The van der Waals surface area contributed by atoms with E-state index in [4.69, 9.17) is 4.74 Å². The maximum atomic E-state index is 11.9. The molecule has 1 saturated heterocycles. The van der Waals surface area contributed by atoms with Crippen molar-refractivity contribution in [3.05, 3.63) is 46.3 Å². The monoisotopic (exact) mass is 420 g/mol. The number of sulfone groups is 1. The first-order valence-electron chi connectivity index (χ1n) is 9.85. The van der Waals surface area contributed by atoms with Crippen molar-refractivity contribution in [3.8, 4) is 5.75 Å². The summed E-state index contributed by atoms with van der Waals surface area (Å²) in [5, 5.41) is 4.66. The Kier molecular flexibility index (Phi) is 6.14. The van der Waals surface area contributed by atoms with Crippen LogP contribution in [0.1, 0.15) is 52.3 Å². The van der Waals surface area contributed by atoms with E-state index in [2.05, 4.69) is 12.1 Å². The minimum Gasteiger partial charge on any atom is -0.496 e. The molecule has 3 rings (SSSR count). The number of quaternary nitrogens is 1. The first kappa shape index (κ1) is 21.5. The molecule has 7 nitrogen and oxygen atoms in total. The van der Waals surface area contributed by atoms with E-state index in [9.17, 15) is 13.2 Å². The van der Waals surface area contributed by atoms with Gasteiger partial charge in [0.15, 0.2) is 15.6 Å². The fourth-order valence-electron chi connectivity index (χ4n) is 4.10. The third-order valence-electron chi connectivity index (χ3n) is 5.69. The van der Waals surface area contributed by atoms with E-state index in [0.29, 0.717) is 18.5 Å². The lowest BCUT2D eigenvalue weighted by Gasteiger charge is -2.17. The number of ether oxygens (including phenoxy) is 1. The molecule has 2 heterocycles. The van der Waals surface area contributed by atoms with Crippen LogP contribution < -0.4 is 9.64 Å². The summed E-state index contributed by atoms with van der Waals surface area (Å²) in [5.41, 5.74) is 4.79. The molecule has 1 aromatic heterocycles. The summed E-state index contributed by atoms with van der Waals surface area (Å²) in [4.78, 5) is 13.0.